The molecule has 64 heavy (non-hydrogen) atoms. The van der Waals surface area contributed by atoms with Gasteiger partial charge in [0.05, 0.1) is 48.9 Å². The Morgan fingerprint density at radius 1 is 0.281 bits per heavy atom. The van der Waals surface area contributed by atoms with Crippen molar-refractivity contribution in [2.75, 3.05) is 44.9 Å². The van der Waals surface area contributed by atoms with Gasteiger partial charge in [-0.25, -0.2) is 0 Å². The number of anilines is 4. The molecule has 0 spiro atoms. The number of halogens is 3. The molecule has 0 aliphatic rings. The lowest BCUT2D eigenvalue weighted by Gasteiger charge is -2.53. The van der Waals surface area contributed by atoms with Crippen molar-refractivity contribution in [3.05, 3.63) is 121 Å². The minimum absolute atomic E-state index is 0. The molecule has 0 saturated carbocycles. The maximum absolute atomic E-state index is 2.99. The van der Waals surface area contributed by atoms with Crippen molar-refractivity contribution in [1.82, 2.24) is 0 Å². The fourth-order valence-corrected chi connectivity index (χ4v) is 14.0. The molecule has 4 aromatic rings. The van der Waals surface area contributed by atoms with Crippen molar-refractivity contribution in [2.45, 2.75) is 182 Å². The molecule has 0 N–H and O–H groups in total. The standard InChI is InChI=1S/C56H88N4P.I2.HI/c1-5-9-13-17-21-37-49-57(53-41-29-25-30-42-53)61(58(54-43-31-26-32-44-54)50-38-22-18-14-10-6-2,59(55-45-33-27-34-46-55)51-39-23-19-15-11-7-3)60(56-47-35-28-36-48-56)52-40-24-20-16-12-8-4;1-2;/h25-36,41-48H,5-24,37-40,49-52H2,1-4H3;;1H/q+1;;/p-1. The highest BCUT2D eigenvalue weighted by molar-refractivity contribution is 15.0. The average molecular weight is 1230 g/mol. The van der Waals surface area contributed by atoms with E-state index in [1.165, 1.54) is 177 Å². The van der Waals surface area contributed by atoms with E-state index in [1.54, 1.807) is 0 Å². The first-order chi connectivity index (χ1) is 31.2. The van der Waals surface area contributed by atoms with Crippen LogP contribution in [0, 0.1) is 0 Å². The quantitative estimate of drug-likeness (QED) is 0.0256. The van der Waals surface area contributed by atoms with Crippen LogP contribution < -0.4 is 42.7 Å². The molecule has 0 aliphatic carbocycles. The Bertz CT molecular complexity index is 1360. The van der Waals surface area contributed by atoms with E-state index in [-0.39, 0.29) is 24.0 Å². The van der Waals surface area contributed by atoms with Gasteiger partial charge in [-0.05, 0) is 74.2 Å². The molecule has 0 saturated heterocycles. The summed E-state index contributed by atoms with van der Waals surface area (Å²) in [5.74, 6) is 0. The zero-order chi connectivity index (χ0) is 45.1. The van der Waals surface area contributed by atoms with E-state index in [4.69, 9.17) is 0 Å². The number of hydrogen-bond acceptors (Lipinski definition) is 4. The summed E-state index contributed by atoms with van der Waals surface area (Å²) in [7, 11) is -2.74. The van der Waals surface area contributed by atoms with Crippen molar-refractivity contribution >= 4 is 67.8 Å². The fourth-order valence-electron chi connectivity index (χ4n) is 9.02. The molecule has 0 unspecified atom stereocenters. The third kappa shape index (κ3) is 20.5. The normalized spacial score (nSPS) is 11.0. The lowest BCUT2D eigenvalue weighted by atomic mass is 10.1. The van der Waals surface area contributed by atoms with Crippen molar-refractivity contribution in [2.24, 2.45) is 0 Å². The highest BCUT2D eigenvalue weighted by Crippen LogP contribution is 2.73. The van der Waals surface area contributed by atoms with Crippen molar-refractivity contribution < 1.29 is 24.0 Å². The molecule has 0 amide bonds. The predicted octanol–water partition coefficient (Wildman–Crippen LogP) is 16.9. The second-order valence-electron chi connectivity index (χ2n) is 17.4. The summed E-state index contributed by atoms with van der Waals surface area (Å²) in [5.41, 5.74) is 5.39. The SMILES string of the molecule is CCCCCCCCN(c1ccccc1)[P+](N(CCCCCCCC)c1ccccc1)(N(CCCCCCCC)c1ccccc1)N(CCCCCCCC)c1ccccc1.II.[I-]. The molecule has 0 aromatic heterocycles. The molecular formula is C56H88I3N4P. The zero-order valence-electron chi connectivity index (χ0n) is 40.7. The van der Waals surface area contributed by atoms with Gasteiger partial charge in [0.25, 0.3) is 0 Å². The van der Waals surface area contributed by atoms with Crippen LogP contribution in [0.25, 0.3) is 0 Å². The van der Waals surface area contributed by atoms with Gasteiger partial charge in [0.15, 0.2) is 0 Å². The van der Waals surface area contributed by atoms with Gasteiger partial charge in [0.1, 0.15) is 0 Å². The van der Waals surface area contributed by atoms with Crippen molar-refractivity contribution in [1.29, 1.82) is 0 Å². The number of benzene rings is 4. The van der Waals surface area contributed by atoms with Crippen LogP contribution in [0.3, 0.4) is 0 Å². The van der Waals surface area contributed by atoms with Crippen molar-refractivity contribution in [3.63, 3.8) is 0 Å². The molecule has 0 fully saturated rings. The fraction of sp³-hybridized carbons (Fsp3) is 0.571. The van der Waals surface area contributed by atoms with Crippen LogP contribution in [0.2, 0.25) is 0 Å². The third-order valence-corrected chi connectivity index (χ3v) is 16.7. The minimum Gasteiger partial charge on any atom is -1.00 e. The Balaban J connectivity index is 0.00000463. The Hall–Kier alpha value is -1.30. The second kappa shape index (κ2) is 38.6. The largest absolute Gasteiger partial charge is 1.00 e. The Morgan fingerprint density at radius 3 is 0.641 bits per heavy atom. The average Bonchev–Trinajstić information content (AvgIpc) is 3.34. The monoisotopic (exact) mass is 1230 g/mol. The summed E-state index contributed by atoms with van der Waals surface area (Å²) >= 11 is 4.24. The van der Waals surface area contributed by atoms with Gasteiger partial charge in [0.2, 0.25) is 0 Å². The predicted molar refractivity (Wildman–Crippen MR) is 304 cm³/mol. The Morgan fingerprint density at radius 2 is 0.453 bits per heavy atom. The lowest BCUT2D eigenvalue weighted by molar-refractivity contribution is -0.0000129. The number of rotatable bonds is 36. The molecule has 4 nitrogen and oxygen atoms in total. The van der Waals surface area contributed by atoms with E-state index in [1.807, 2.05) is 0 Å². The first-order valence-electron chi connectivity index (χ1n) is 25.6. The summed E-state index contributed by atoms with van der Waals surface area (Å²) < 4.78 is 12.0. The molecular weight excluding hydrogens is 1140 g/mol. The minimum atomic E-state index is -2.74. The molecule has 0 atom stereocenters. The second-order valence-corrected chi connectivity index (χ2v) is 20.4. The number of hydrogen-bond donors (Lipinski definition) is 0. The smallest absolute Gasteiger partial charge is 0.405 e. The van der Waals surface area contributed by atoms with Gasteiger partial charge in [-0.3, -0.25) is 0 Å². The molecule has 0 bridgehead atoms. The molecule has 4 rings (SSSR count). The van der Waals surface area contributed by atoms with Crippen LogP contribution in [0.5, 0.6) is 0 Å². The van der Waals surface area contributed by atoms with Crippen molar-refractivity contribution in [3.8, 4) is 0 Å². The van der Waals surface area contributed by atoms with E-state index in [2.05, 4.69) is 205 Å². The van der Waals surface area contributed by atoms with Gasteiger partial charge >= 0.3 is 7.87 Å². The van der Waals surface area contributed by atoms with Crippen LogP contribution >= 0.6 is 45.1 Å². The van der Waals surface area contributed by atoms with Crippen LogP contribution in [0.15, 0.2) is 121 Å². The van der Waals surface area contributed by atoms with E-state index >= 15 is 0 Å². The van der Waals surface area contributed by atoms with Gasteiger partial charge < -0.3 is 24.0 Å². The Labute approximate surface area is 435 Å². The molecule has 358 valence electrons. The number of nitrogens with zero attached hydrogens (tertiary/aromatic N) is 4. The van der Waals surface area contributed by atoms with E-state index in [0.717, 1.165) is 26.2 Å². The molecule has 4 aromatic carbocycles. The first kappa shape index (κ1) is 58.8. The van der Waals surface area contributed by atoms with E-state index in [0.29, 0.717) is 0 Å². The van der Waals surface area contributed by atoms with Crippen LogP contribution in [-0.4, -0.2) is 26.2 Å². The Kier molecular flexibility index (Phi) is 35.5. The molecule has 0 heterocycles. The van der Waals surface area contributed by atoms with Gasteiger partial charge in [-0.1, -0.05) is 229 Å². The molecule has 8 heteroatoms. The summed E-state index contributed by atoms with van der Waals surface area (Å²) in [6.07, 6.45) is 30.8. The lowest BCUT2D eigenvalue weighted by Crippen LogP contribution is -3.00. The van der Waals surface area contributed by atoms with Gasteiger partial charge in [0, 0.05) is 37.2 Å². The number of unbranched alkanes of at least 4 members (excludes halogenated alkanes) is 20. The highest BCUT2D eigenvalue weighted by Gasteiger charge is 2.63. The summed E-state index contributed by atoms with van der Waals surface area (Å²) in [4.78, 5) is 0. The third-order valence-electron chi connectivity index (χ3n) is 12.4. The topological polar surface area (TPSA) is 13.0 Å². The highest BCUT2D eigenvalue weighted by atomic mass is 128. The maximum Gasteiger partial charge on any atom is 0.405 e. The first-order valence-corrected chi connectivity index (χ1v) is 33.5. The molecule has 0 aliphatic heterocycles. The summed E-state index contributed by atoms with van der Waals surface area (Å²) in [6, 6.07) is 46.7. The summed E-state index contributed by atoms with van der Waals surface area (Å²) in [5, 5.41) is 0. The maximum atomic E-state index is 2.99. The van der Waals surface area contributed by atoms with Crippen LogP contribution in [0.1, 0.15) is 182 Å². The van der Waals surface area contributed by atoms with E-state index in [9.17, 15) is 0 Å². The summed E-state index contributed by atoms with van der Waals surface area (Å²) in [6.45, 7) is 13.4. The van der Waals surface area contributed by atoms with Crippen LogP contribution in [-0.2, 0) is 0 Å². The van der Waals surface area contributed by atoms with E-state index < -0.39 is 7.87 Å². The number of para-hydroxylation sites is 4. The zero-order valence-corrected chi connectivity index (χ0v) is 48.1. The van der Waals surface area contributed by atoms with Gasteiger partial charge in [-0.15, -0.1) is 0 Å². The molecule has 0 radical (unpaired) electrons. The van der Waals surface area contributed by atoms with Gasteiger partial charge in [-0.2, -0.15) is 18.7 Å². The van der Waals surface area contributed by atoms with Crippen LogP contribution in [0.4, 0.5) is 22.7 Å².